The maximum absolute atomic E-state index is 12.8. The van der Waals surface area contributed by atoms with E-state index in [1.807, 2.05) is 12.3 Å². The lowest BCUT2D eigenvalue weighted by Crippen LogP contribution is -2.12. The van der Waals surface area contributed by atoms with Gasteiger partial charge in [-0.3, -0.25) is 15.1 Å². The van der Waals surface area contributed by atoms with Gasteiger partial charge in [0.25, 0.3) is 5.91 Å². The van der Waals surface area contributed by atoms with Crippen molar-refractivity contribution in [3.05, 3.63) is 40.9 Å². The molecule has 0 fully saturated rings. The Morgan fingerprint density at radius 3 is 2.94 bits per heavy atom. The first-order chi connectivity index (χ1) is 7.65. The Morgan fingerprint density at radius 1 is 1.50 bits per heavy atom. The van der Waals surface area contributed by atoms with Gasteiger partial charge in [-0.15, -0.1) is 11.3 Å². The number of thiazole rings is 1. The van der Waals surface area contributed by atoms with Crippen LogP contribution in [0.1, 0.15) is 16.1 Å². The van der Waals surface area contributed by atoms with Gasteiger partial charge in [0.15, 0.2) is 5.13 Å². The highest BCUT2D eigenvalue weighted by molar-refractivity contribution is 7.13. The Bertz CT molecular complexity index is 526. The molecule has 0 saturated carbocycles. The van der Waals surface area contributed by atoms with Crippen LogP contribution < -0.4 is 5.32 Å². The molecule has 1 amide bonds. The number of amides is 1. The molecule has 0 aliphatic heterocycles. The van der Waals surface area contributed by atoms with Gasteiger partial charge in [-0.25, -0.2) is 9.37 Å². The van der Waals surface area contributed by atoms with Gasteiger partial charge in [0.2, 0.25) is 0 Å². The van der Waals surface area contributed by atoms with Crippen LogP contribution in [-0.2, 0) is 0 Å². The van der Waals surface area contributed by atoms with Crippen molar-refractivity contribution in [1.29, 1.82) is 0 Å². The quantitative estimate of drug-likeness (QED) is 0.871. The number of pyridine rings is 1. The number of carbonyl (C=O) groups is 1. The Hall–Kier alpha value is -1.82. The fraction of sp³-hybridized carbons (Fsp3) is 0.100. The Kier molecular flexibility index (Phi) is 2.91. The lowest BCUT2D eigenvalue weighted by Gasteiger charge is -2.00. The second-order valence-electron chi connectivity index (χ2n) is 3.14. The molecule has 82 valence electrons. The lowest BCUT2D eigenvalue weighted by molar-refractivity contribution is 0.102. The third-order valence-corrected chi connectivity index (χ3v) is 2.68. The fourth-order valence-corrected chi connectivity index (χ4v) is 1.80. The SMILES string of the molecule is Cc1csc(NC(=O)c2cncc(F)c2)n1. The standard InChI is InChI=1S/C10H8FN3OS/c1-6-5-16-10(13-6)14-9(15)7-2-8(11)4-12-3-7/h2-5H,1H3,(H,13,14,15). The summed E-state index contributed by atoms with van der Waals surface area (Å²) < 4.78 is 12.8. The molecular formula is C10H8FN3OS. The van der Waals surface area contributed by atoms with Crippen LogP contribution in [0.2, 0.25) is 0 Å². The molecule has 0 aliphatic rings. The molecule has 0 radical (unpaired) electrons. The van der Waals surface area contributed by atoms with Gasteiger partial charge >= 0.3 is 0 Å². The average molecular weight is 237 g/mol. The van der Waals surface area contributed by atoms with Crippen molar-refractivity contribution in [3.63, 3.8) is 0 Å². The number of anilines is 1. The molecule has 0 spiro atoms. The van der Waals surface area contributed by atoms with Gasteiger partial charge in [-0.2, -0.15) is 0 Å². The molecule has 0 bridgehead atoms. The first-order valence-corrected chi connectivity index (χ1v) is 5.37. The molecule has 2 aromatic rings. The molecular weight excluding hydrogens is 229 g/mol. The number of hydrogen-bond acceptors (Lipinski definition) is 4. The Balaban J connectivity index is 2.14. The molecule has 2 aromatic heterocycles. The zero-order chi connectivity index (χ0) is 11.5. The minimum absolute atomic E-state index is 0.174. The normalized spacial score (nSPS) is 10.1. The number of halogens is 1. The molecule has 0 aromatic carbocycles. The van der Waals surface area contributed by atoms with Crippen LogP contribution in [0.25, 0.3) is 0 Å². The highest BCUT2D eigenvalue weighted by Crippen LogP contribution is 2.15. The fourth-order valence-electron chi connectivity index (χ4n) is 1.12. The minimum Gasteiger partial charge on any atom is -0.298 e. The van der Waals surface area contributed by atoms with Gasteiger partial charge in [0.05, 0.1) is 17.5 Å². The molecule has 0 aliphatic carbocycles. The summed E-state index contributed by atoms with van der Waals surface area (Å²) in [5, 5.41) is 4.88. The molecule has 2 rings (SSSR count). The predicted molar refractivity (Wildman–Crippen MR) is 59.0 cm³/mol. The highest BCUT2D eigenvalue weighted by atomic mass is 32.1. The van der Waals surface area contributed by atoms with E-state index in [0.29, 0.717) is 5.13 Å². The van der Waals surface area contributed by atoms with E-state index in [1.165, 1.54) is 17.5 Å². The van der Waals surface area contributed by atoms with Crippen LogP contribution in [0.4, 0.5) is 9.52 Å². The van der Waals surface area contributed by atoms with E-state index in [9.17, 15) is 9.18 Å². The molecule has 0 atom stereocenters. The summed E-state index contributed by atoms with van der Waals surface area (Å²) in [7, 11) is 0. The van der Waals surface area contributed by atoms with Crippen molar-refractivity contribution in [2.75, 3.05) is 5.32 Å². The number of aromatic nitrogens is 2. The first kappa shape index (κ1) is 10.7. The van der Waals surface area contributed by atoms with Crippen molar-refractivity contribution in [2.24, 2.45) is 0 Å². The van der Waals surface area contributed by atoms with E-state index < -0.39 is 11.7 Å². The van der Waals surface area contributed by atoms with Gasteiger partial charge < -0.3 is 0 Å². The van der Waals surface area contributed by atoms with Gasteiger partial charge in [-0.1, -0.05) is 0 Å². The third kappa shape index (κ3) is 2.40. The monoisotopic (exact) mass is 237 g/mol. The van der Waals surface area contributed by atoms with Crippen LogP contribution in [0, 0.1) is 12.7 Å². The van der Waals surface area contributed by atoms with E-state index in [0.717, 1.165) is 18.0 Å². The van der Waals surface area contributed by atoms with Crippen molar-refractivity contribution in [2.45, 2.75) is 6.92 Å². The lowest BCUT2D eigenvalue weighted by atomic mass is 10.3. The van der Waals surface area contributed by atoms with Crippen LogP contribution in [0.5, 0.6) is 0 Å². The van der Waals surface area contributed by atoms with Gasteiger partial charge in [0, 0.05) is 11.6 Å². The van der Waals surface area contributed by atoms with Crippen LogP contribution >= 0.6 is 11.3 Å². The second kappa shape index (κ2) is 4.36. The van der Waals surface area contributed by atoms with E-state index in [4.69, 9.17) is 0 Å². The zero-order valence-corrected chi connectivity index (χ0v) is 9.21. The third-order valence-electron chi connectivity index (χ3n) is 1.81. The maximum atomic E-state index is 12.8. The second-order valence-corrected chi connectivity index (χ2v) is 4.00. The summed E-state index contributed by atoms with van der Waals surface area (Å²) in [6.07, 6.45) is 2.35. The summed E-state index contributed by atoms with van der Waals surface area (Å²) in [4.78, 5) is 19.3. The minimum atomic E-state index is -0.539. The zero-order valence-electron chi connectivity index (χ0n) is 8.40. The predicted octanol–water partition coefficient (Wildman–Crippen LogP) is 2.24. The number of nitrogens with zero attached hydrogens (tertiary/aromatic N) is 2. The van der Waals surface area contributed by atoms with Crippen molar-refractivity contribution >= 4 is 22.4 Å². The largest absolute Gasteiger partial charge is 0.298 e. The average Bonchev–Trinajstić information content (AvgIpc) is 2.64. The molecule has 4 nitrogen and oxygen atoms in total. The smallest absolute Gasteiger partial charge is 0.259 e. The van der Waals surface area contributed by atoms with Crippen LogP contribution in [-0.4, -0.2) is 15.9 Å². The Labute approximate surface area is 95.2 Å². The highest BCUT2D eigenvalue weighted by Gasteiger charge is 2.09. The summed E-state index contributed by atoms with van der Waals surface area (Å²) in [6.45, 7) is 1.83. The van der Waals surface area contributed by atoms with E-state index in [-0.39, 0.29) is 5.56 Å². The topological polar surface area (TPSA) is 54.9 Å². The molecule has 0 saturated heterocycles. The van der Waals surface area contributed by atoms with E-state index in [1.54, 1.807) is 0 Å². The molecule has 6 heteroatoms. The number of carbonyl (C=O) groups excluding carboxylic acids is 1. The van der Waals surface area contributed by atoms with E-state index in [2.05, 4.69) is 15.3 Å². The van der Waals surface area contributed by atoms with Crippen molar-refractivity contribution in [1.82, 2.24) is 9.97 Å². The first-order valence-electron chi connectivity index (χ1n) is 4.49. The number of aryl methyl sites for hydroxylation is 1. The summed E-state index contributed by atoms with van der Waals surface area (Å²) in [5.74, 6) is -0.954. The summed E-state index contributed by atoms with van der Waals surface area (Å²) in [5.41, 5.74) is 1.01. The molecule has 2 heterocycles. The number of hydrogen-bond donors (Lipinski definition) is 1. The molecule has 1 N–H and O–H groups in total. The van der Waals surface area contributed by atoms with Crippen LogP contribution in [0.3, 0.4) is 0 Å². The Morgan fingerprint density at radius 2 is 2.31 bits per heavy atom. The molecule has 0 unspecified atom stereocenters. The van der Waals surface area contributed by atoms with Crippen LogP contribution in [0.15, 0.2) is 23.8 Å². The summed E-state index contributed by atoms with van der Waals surface area (Å²) in [6, 6.07) is 1.13. The van der Waals surface area contributed by atoms with E-state index >= 15 is 0 Å². The number of nitrogens with one attached hydrogen (secondary N) is 1. The van der Waals surface area contributed by atoms with Gasteiger partial charge in [-0.05, 0) is 13.0 Å². The maximum Gasteiger partial charge on any atom is 0.259 e. The number of rotatable bonds is 2. The van der Waals surface area contributed by atoms with Gasteiger partial charge in [0.1, 0.15) is 5.82 Å². The summed E-state index contributed by atoms with van der Waals surface area (Å²) >= 11 is 1.32. The van der Waals surface area contributed by atoms with Crippen molar-refractivity contribution < 1.29 is 9.18 Å². The molecule has 16 heavy (non-hydrogen) atoms. The van der Waals surface area contributed by atoms with Crippen molar-refractivity contribution in [3.8, 4) is 0 Å².